The van der Waals surface area contributed by atoms with Crippen molar-refractivity contribution < 1.29 is 8.42 Å². The lowest BCUT2D eigenvalue weighted by atomic mass is 10.2. The summed E-state index contributed by atoms with van der Waals surface area (Å²) in [4.78, 5) is 0.181. The molecule has 5 heteroatoms. The molecule has 0 aliphatic heterocycles. The van der Waals surface area contributed by atoms with Crippen molar-refractivity contribution in [1.29, 1.82) is 5.26 Å². The van der Waals surface area contributed by atoms with Crippen molar-refractivity contribution in [1.82, 2.24) is 4.72 Å². The summed E-state index contributed by atoms with van der Waals surface area (Å²) >= 11 is 0. The first-order chi connectivity index (χ1) is 8.61. The Labute approximate surface area is 108 Å². The van der Waals surface area contributed by atoms with Crippen molar-refractivity contribution in [3.8, 4) is 17.9 Å². The van der Waals surface area contributed by atoms with E-state index in [1.54, 1.807) is 18.2 Å². The Balaban J connectivity index is 2.94. The fraction of sp³-hybridized carbons (Fsp3) is 0.308. The van der Waals surface area contributed by atoms with Gasteiger partial charge in [-0.2, -0.15) is 5.26 Å². The van der Waals surface area contributed by atoms with Crippen LogP contribution in [0.25, 0.3) is 0 Å². The average molecular weight is 262 g/mol. The zero-order valence-corrected chi connectivity index (χ0v) is 10.9. The summed E-state index contributed by atoms with van der Waals surface area (Å²) in [7, 11) is -2.11. The molecule has 0 atom stereocenters. The molecule has 0 unspecified atom stereocenters. The lowest BCUT2D eigenvalue weighted by molar-refractivity contribution is 0.588. The highest BCUT2D eigenvalue weighted by atomic mass is 32.2. The fourth-order valence-electron chi connectivity index (χ4n) is 1.33. The predicted octanol–water partition coefficient (Wildman–Crippen LogP) is 1.64. The lowest BCUT2D eigenvalue weighted by Crippen LogP contribution is -2.19. The van der Waals surface area contributed by atoms with Crippen LogP contribution in [0, 0.1) is 23.2 Å². The molecule has 0 saturated carbocycles. The molecule has 0 aliphatic carbocycles. The van der Waals surface area contributed by atoms with E-state index in [0.717, 1.165) is 0 Å². The van der Waals surface area contributed by atoms with Crippen LogP contribution in [-0.4, -0.2) is 15.5 Å². The van der Waals surface area contributed by atoms with Gasteiger partial charge in [0.1, 0.15) is 0 Å². The van der Waals surface area contributed by atoms with Crippen LogP contribution >= 0.6 is 0 Å². The molecule has 0 radical (unpaired) electrons. The van der Waals surface area contributed by atoms with Gasteiger partial charge < -0.3 is 0 Å². The van der Waals surface area contributed by atoms with Crippen molar-refractivity contribution in [2.24, 2.45) is 0 Å². The highest BCUT2D eigenvalue weighted by molar-refractivity contribution is 7.89. The van der Waals surface area contributed by atoms with E-state index in [4.69, 9.17) is 5.26 Å². The minimum absolute atomic E-state index is 0.181. The molecule has 0 bridgehead atoms. The van der Waals surface area contributed by atoms with E-state index in [9.17, 15) is 8.42 Å². The average Bonchev–Trinajstić information content (AvgIpc) is 2.39. The third kappa shape index (κ3) is 3.89. The molecule has 0 amide bonds. The molecule has 0 aliphatic rings. The highest BCUT2D eigenvalue weighted by Crippen LogP contribution is 2.13. The molecule has 1 aromatic carbocycles. The Kier molecular flexibility index (Phi) is 5.38. The summed E-state index contributed by atoms with van der Waals surface area (Å²) in [5.41, 5.74) is 0.476. The minimum Gasteiger partial charge on any atom is -0.214 e. The Hall–Kier alpha value is -1.82. The summed E-state index contributed by atoms with van der Waals surface area (Å²) in [5, 5.41) is 8.38. The van der Waals surface area contributed by atoms with Crippen molar-refractivity contribution >= 4 is 10.0 Å². The first kappa shape index (κ1) is 14.2. The Morgan fingerprint density at radius 2 is 2.00 bits per heavy atom. The van der Waals surface area contributed by atoms with E-state index in [1.165, 1.54) is 13.1 Å². The first-order valence-electron chi connectivity index (χ1n) is 5.50. The molecule has 4 nitrogen and oxygen atoms in total. The summed E-state index contributed by atoms with van der Waals surface area (Å²) in [6.07, 6.45) is 1.75. The molecule has 1 aromatic rings. The van der Waals surface area contributed by atoms with Gasteiger partial charge in [0.15, 0.2) is 0 Å². The number of hydrogen-bond donors (Lipinski definition) is 1. The van der Waals surface area contributed by atoms with E-state index in [0.29, 0.717) is 24.8 Å². The maximum Gasteiger partial charge on any atom is 0.241 e. The normalized spacial score (nSPS) is 10.2. The standard InChI is InChI=1S/C13H14N2O2S/c1-15-18(16,17)13-10-6-5-9-12(13)8-4-2-3-7-11-14/h5-6,9-10,15H,2-3,7H2,1H3. The summed E-state index contributed by atoms with van der Waals surface area (Å²) in [6, 6.07) is 8.63. The quantitative estimate of drug-likeness (QED) is 0.662. The van der Waals surface area contributed by atoms with Gasteiger partial charge in [-0.05, 0) is 25.6 Å². The van der Waals surface area contributed by atoms with Crippen molar-refractivity contribution in [2.45, 2.75) is 24.2 Å². The van der Waals surface area contributed by atoms with Crippen LogP contribution in [0.3, 0.4) is 0 Å². The summed E-state index contributed by atoms with van der Waals surface area (Å²) < 4.78 is 25.7. The van der Waals surface area contributed by atoms with Crippen LogP contribution in [-0.2, 0) is 10.0 Å². The molecule has 1 rings (SSSR count). The van der Waals surface area contributed by atoms with Gasteiger partial charge in [-0.3, -0.25) is 0 Å². The Bertz CT molecular complexity index is 604. The van der Waals surface area contributed by atoms with Crippen molar-refractivity contribution in [3.63, 3.8) is 0 Å². The SMILES string of the molecule is CNS(=O)(=O)c1ccccc1C#CCCCC#N. The number of unbranched alkanes of at least 4 members (excludes halogenated alkanes) is 2. The zero-order chi connectivity index (χ0) is 13.4. The number of sulfonamides is 1. The zero-order valence-electron chi connectivity index (χ0n) is 10.1. The summed E-state index contributed by atoms with van der Waals surface area (Å²) in [6.45, 7) is 0. The maximum atomic E-state index is 11.7. The fourth-order valence-corrected chi connectivity index (χ4v) is 2.21. The number of benzene rings is 1. The molecular formula is C13H14N2O2S. The third-order valence-electron chi connectivity index (χ3n) is 2.26. The molecule has 0 heterocycles. The van der Waals surface area contributed by atoms with E-state index in [-0.39, 0.29) is 4.90 Å². The van der Waals surface area contributed by atoms with Crippen LogP contribution in [0.5, 0.6) is 0 Å². The van der Waals surface area contributed by atoms with Gasteiger partial charge in [0, 0.05) is 18.4 Å². The molecule has 94 valence electrons. The van der Waals surface area contributed by atoms with Gasteiger partial charge in [-0.15, -0.1) is 0 Å². The molecule has 0 saturated heterocycles. The smallest absolute Gasteiger partial charge is 0.214 e. The summed E-state index contributed by atoms with van der Waals surface area (Å²) in [5.74, 6) is 5.71. The van der Waals surface area contributed by atoms with Crippen molar-refractivity contribution in [2.75, 3.05) is 7.05 Å². The Morgan fingerprint density at radius 1 is 1.28 bits per heavy atom. The van der Waals surface area contributed by atoms with Crippen LogP contribution in [0.15, 0.2) is 29.2 Å². The van der Waals surface area contributed by atoms with Crippen LogP contribution < -0.4 is 4.72 Å². The Morgan fingerprint density at radius 3 is 2.67 bits per heavy atom. The highest BCUT2D eigenvalue weighted by Gasteiger charge is 2.14. The van der Waals surface area contributed by atoms with Crippen LogP contribution in [0.4, 0.5) is 0 Å². The van der Waals surface area contributed by atoms with Gasteiger partial charge in [0.25, 0.3) is 0 Å². The molecule has 0 spiro atoms. The van der Waals surface area contributed by atoms with E-state index >= 15 is 0 Å². The minimum atomic E-state index is -3.48. The third-order valence-corrected chi connectivity index (χ3v) is 3.73. The van der Waals surface area contributed by atoms with E-state index in [2.05, 4.69) is 16.6 Å². The van der Waals surface area contributed by atoms with Crippen molar-refractivity contribution in [3.05, 3.63) is 29.8 Å². The number of nitriles is 1. The number of nitrogens with zero attached hydrogens (tertiary/aromatic N) is 1. The number of hydrogen-bond acceptors (Lipinski definition) is 3. The molecule has 18 heavy (non-hydrogen) atoms. The number of rotatable bonds is 4. The number of nitrogens with one attached hydrogen (secondary N) is 1. The largest absolute Gasteiger partial charge is 0.241 e. The molecule has 0 aromatic heterocycles. The lowest BCUT2D eigenvalue weighted by Gasteiger charge is -2.04. The molecule has 1 N–H and O–H groups in total. The van der Waals surface area contributed by atoms with Gasteiger partial charge in [-0.1, -0.05) is 24.0 Å². The van der Waals surface area contributed by atoms with Gasteiger partial charge >= 0.3 is 0 Å². The predicted molar refractivity (Wildman–Crippen MR) is 69.0 cm³/mol. The first-order valence-corrected chi connectivity index (χ1v) is 6.98. The maximum absolute atomic E-state index is 11.7. The molecule has 0 fully saturated rings. The second kappa shape index (κ2) is 6.80. The van der Waals surface area contributed by atoms with Crippen LogP contribution in [0.1, 0.15) is 24.8 Å². The topological polar surface area (TPSA) is 70.0 Å². The van der Waals surface area contributed by atoms with E-state index in [1.807, 2.05) is 6.07 Å². The second-order valence-corrected chi connectivity index (χ2v) is 5.37. The monoisotopic (exact) mass is 262 g/mol. The van der Waals surface area contributed by atoms with Crippen LogP contribution in [0.2, 0.25) is 0 Å². The van der Waals surface area contributed by atoms with Gasteiger partial charge in [0.2, 0.25) is 10.0 Å². The van der Waals surface area contributed by atoms with Gasteiger partial charge in [0.05, 0.1) is 11.0 Å². The molecular weight excluding hydrogens is 248 g/mol. The van der Waals surface area contributed by atoms with E-state index < -0.39 is 10.0 Å². The second-order valence-electron chi connectivity index (χ2n) is 3.52. The van der Waals surface area contributed by atoms with Gasteiger partial charge in [-0.25, -0.2) is 13.1 Å².